The number of halogens is 1. The number of fused-ring (bicyclic) bond motifs is 1. The van der Waals surface area contributed by atoms with Crippen molar-refractivity contribution in [2.75, 3.05) is 6.26 Å². The van der Waals surface area contributed by atoms with Crippen LogP contribution in [0.15, 0.2) is 22.4 Å². The molecule has 1 aromatic heterocycles. The molecule has 72 valence electrons. The molecule has 0 aliphatic carbocycles. The Kier molecular flexibility index (Phi) is 3.14. The lowest BCUT2D eigenvalue weighted by Crippen LogP contribution is -1.80. The normalized spacial score (nSPS) is 10.7. The van der Waals surface area contributed by atoms with Crippen LogP contribution in [0.3, 0.4) is 0 Å². The van der Waals surface area contributed by atoms with Crippen molar-refractivity contribution in [3.8, 4) is 0 Å². The summed E-state index contributed by atoms with van der Waals surface area (Å²) in [5.74, 6) is 0. The van der Waals surface area contributed by atoms with Gasteiger partial charge in [0, 0.05) is 29.5 Å². The highest BCUT2D eigenvalue weighted by molar-refractivity contribution is 14.1. The lowest BCUT2D eigenvalue weighted by molar-refractivity contribution is 0.112. The number of hydrogen-bond donors (Lipinski definition) is 0. The predicted octanol–water partition coefficient (Wildman–Crippen LogP) is 4.04. The molecule has 1 nitrogen and oxygen atoms in total. The summed E-state index contributed by atoms with van der Waals surface area (Å²) in [5.41, 5.74) is 0.803. The molecule has 14 heavy (non-hydrogen) atoms. The summed E-state index contributed by atoms with van der Waals surface area (Å²) in [6.45, 7) is 0. The maximum absolute atomic E-state index is 10.8. The van der Waals surface area contributed by atoms with E-state index in [-0.39, 0.29) is 0 Å². The zero-order valence-electron chi connectivity index (χ0n) is 7.41. The number of aldehydes is 1. The van der Waals surface area contributed by atoms with E-state index in [9.17, 15) is 4.79 Å². The van der Waals surface area contributed by atoms with Crippen LogP contribution in [0, 0.1) is 3.57 Å². The van der Waals surface area contributed by atoms with Crippen molar-refractivity contribution in [2.45, 2.75) is 4.90 Å². The Morgan fingerprint density at radius 1 is 1.50 bits per heavy atom. The van der Waals surface area contributed by atoms with E-state index in [0.29, 0.717) is 0 Å². The fraction of sp³-hybridized carbons (Fsp3) is 0.100. The van der Waals surface area contributed by atoms with E-state index in [0.717, 1.165) is 17.2 Å². The van der Waals surface area contributed by atoms with Crippen molar-refractivity contribution in [3.05, 3.63) is 26.6 Å². The van der Waals surface area contributed by atoms with Crippen LogP contribution in [-0.2, 0) is 0 Å². The highest BCUT2D eigenvalue weighted by atomic mass is 127. The van der Waals surface area contributed by atoms with E-state index in [2.05, 4.69) is 41.0 Å². The van der Waals surface area contributed by atoms with Gasteiger partial charge >= 0.3 is 0 Å². The fourth-order valence-electron chi connectivity index (χ4n) is 1.30. The predicted molar refractivity (Wildman–Crippen MR) is 71.7 cm³/mol. The number of thiophene rings is 1. The Labute approximate surface area is 104 Å². The van der Waals surface area contributed by atoms with Crippen LogP contribution >= 0.6 is 45.7 Å². The van der Waals surface area contributed by atoms with Gasteiger partial charge in [0.05, 0.1) is 0 Å². The van der Waals surface area contributed by atoms with Crippen LogP contribution < -0.4 is 0 Å². The van der Waals surface area contributed by atoms with Gasteiger partial charge in [-0.15, -0.1) is 23.1 Å². The molecule has 2 rings (SSSR count). The SMILES string of the molecule is CSc1cc2c(C=O)csc2cc1I. The minimum Gasteiger partial charge on any atom is -0.298 e. The van der Waals surface area contributed by atoms with Gasteiger partial charge in [0.2, 0.25) is 0 Å². The zero-order chi connectivity index (χ0) is 10.1. The zero-order valence-corrected chi connectivity index (χ0v) is 11.2. The van der Waals surface area contributed by atoms with Crippen molar-refractivity contribution >= 4 is 62.1 Å². The second-order valence-electron chi connectivity index (χ2n) is 2.79. The van der Waals surface area contributed by atoms with Crippen molar-refractivity contribution in [2.24, 2.45) is 0 Å². The molecule has 0 saturated heterocycles. The van der Waals surface area contributed by atoms with Crippen LogP contribution in [0.25, 0.3) is 10.1 Å². The first kappa shape index (κ1) is 10.4. The molecule has 0 aliphatic heterocycles. The van der Waals surface area contributed by atoms with Crippen molar-refractivity contribution in [3.63, 3.8) is 0 Å². The van der Waals surface area contributed by atoms with Crippen LogP contribution in [0.5, 0.6) is 0 Å². The van der Waals surface area contributed by atoms with E-state index >= 15 is 0 Å². The lowest BCUT2D eigenvalue weighted by Gasteiger charge is -2.00. The summed E-state index contributed by atoms with van der Waals surface area (Å²) in [7, 11) is 0. The molecule has 2 aromatic rings. The summed E-state index contributed by atoms with van der Waals surface area (Å²) in [6.07, 6.45) is 2.98. The Hall–Kier alpha value is -0.0700. The Morgan fingerprint density at radius 2 is 2.29 bits per heavy atom. The fourth-order valence-corrected chi connectivity index (χ4v) is 4.05. The smallest absolute Gasteiger partial charge is 0.151 e. The number of thioether (sulfide) groups is 1. The topological polar surface area (TPSA) is 17.1 Å². The highest BCUT2D eigenvalue weighted by Gasteiger charge is 2.07. The highest BCUT2D eigenvalue weighted by Crippen LogP contribution is 2.32. The van der Waals surface area contributed by atoms with Gasteiger partial charge in [0.25, 0.3) is 0 Å². The molecule has 0 radical (unpaired) electrons. The second kappa shape index (κ2) is 4.20. The largest absolute Gasteiger partial charge is 0.298 e. The van der Waals surface area contributed by atoms with Crippen molar-refractivity contribution < 1.29 is 4.79 Å². The average Bonchev–Trinajstić information content (AvgIpc) is 2.58. The van der Waals surface area contributed by atoms with Crippen LogP contribution in [0.2, 0.25) is 0 Å². The maximum atomic E-state index is 10.8. The summed E-state index contributed by atoms with van der Waals surface area (Å²) >= 11 is 5.67. The van der Waals surface area contributed by atoms with Gasteiger partial charge in [-0.05, 0) is 41.0 Å². The molecule has 0 bridgehead atoms. The maximum Gasteiger partial charge on any atom is 0.151 e. The molecule has 1 aromatic carbocycles. The first-order valence-corrected chi connectivity index (χ1v) is 7.14. The molecule has 0 spiro atoms. The number of hydrogen-bond acceptors (Lipinski definition) is 3. The van der Waals surface area contributed by atoms with Crippen LogP contribution in [0.1, 0.15) is 10.4 Å². The summed E-state index contributed by atoms with van der Waals surface area (Å²) in [6, 6.07) is 4.24. The Morgan fingerprint density at radius 3 is 2.93 bits per heavy atom. The third kappa shape index (κ3) is 1.70. The second-order valence-corrected chi connectivity index (χ2v) is 5.71. The number of benzene rings is 1. The molecule has 0 N–H and O–H groups in total. The van der Waals surface area contributed by atoms with E-state index in [1.54, 1.807) is 23.1 Å². The van der Waals surface area contributed by atoms with Gasteiger partial charge in [-0.3, -0.25) is 4.79 Å². The molecule has 4 heteroatoms. The van der Waals surface area contributed by atoms with Gasteiger partial charge in [-0.25, -0.2) is 0 Å². The average molecular weight is 334 g/mol. The van der Waals surface area contributed by atoms with Gasteiger partial charge in [-0.2, -0.15) is 0 Å². The molecule has 0 saturated carbocycles. The van der Waals surface area contributed by atoms with Gasteiger partial charge in [-0.1, -0.05) is 0 Å². The van der Waals surface area contributed by atoms with Crippen LogP contribution in [0.4, 0.5) is 0 Å². The van der Waals surface area contributed by atoms with Crippen molar-refractivity contribution in [1.82, 2.24) is 0 Å². The number of carbonyl (C=O) groups is 1. The summed E-state index contributed by atoms with van der Waals surface area (Å²) in [5, 5.41) is 2.99. The lowest BCUT2D eigenvalue weighted by atomic mass is 10.2. The Balaban J connectivity index is 2.76. The molecular weight excluding hydrogens is 327 g/mol. The molecule has 1 heterocycles. The molecule has 0 fully saturated rings. The third-order valence-corrected chi connectivity index (χ3v) is 5.00. The van der Waals surface area contributed by atoms with Crippen LogP contribution in [-0.4, -0.2) is 12.5 Å². The molecule has 0 amide bonds. The van der Waals surface area contributed by atoms with Gasteiger partial charge in [0.1, 0.15) is 0 Å². The number of rotatable bonds is 2. The molecule has 0 unspecified atom stereocenters. The number of carbonyl (C=O) groups excluding carboxylic acids is 1. The van der Waals surface area contributed by atoms with Crippen molar-refractivity contribution in [1.29, 1.82) is 0 Å². The van der Waals surface area contributed by atoms with E-state index in [1.165, 1.54) is 13.2 Å². The van der Waals surface area contributed by atoms with E-state index in [1.807, 2.05) is 5.38 Å². The van der Waals surface area contributed by atoms with Gasteiger partial charge in [0.15, 0.2) is 6.29 Å². The molecular formula is C10H7IOS2. The monoisotopic (exact) mass is 334 g/mol. The first-order valence-electron chi connectivity index (χ1n) is 3.96. The van der Waals surface area contributed by atoms with Gasteiger partial charge < -0.3 is 0 Å². The minimum atomic E-state index is 0.803. The Bertz CT molecular complexity index is 490. The third-order valence-electron chi connectivity index (χ3n) is 2.00. The molecule has 0 atom stereocenters. The van der Waals surface area contributed by atoms with E-state index < -0.39 is 0 Å². The summed E-state index contributed by atoms with van der Waals surface area (Å²) < 4.78 is 2.44. The van der Waals surface area contributed by atoms with E-state index in [4.69, 9.17) is 0 Å². The summed E-state index contributed by atoms with van der Waals surface area (Å²) in [4.78, 5) is 12.0. The standard InChI is InChI=1S/C10H7IOS2/c1-13-10-2-7-6(4-12)5-14-9(7)3-8(10)11/h2-5H,1H3. The first-order chi connectivity index (χ1) is 6.76. The molecule has 0 aliphatic rings. The minimum absolute atomic E-state index is 0.803. The quantitative estimate of drug-likeness (QED) is 0.468.